The lowest BCUT2D eigenvalue weighted by Gasteiger charge is -2.11. The van der Waals surface area contributed by atoms with E-state index in [-0.39, 0.29) is 15.7 Å². The van der Waals surface area contributed by atoms with Gasteiger partial charge in [-0.1, -0.05) is 0 Å². The second-order valence-corrected chi connectivity index (χ2v) is 3.49. The summed E-state index contributed by atoms with van der Waals surface area (Å²) >= 11 is 1.51. The van der Waals surface area contributed by atoms with Gasteiger partial charge in [0.05, 0.1) is 18.1 Å². The fraction of sp³-hybridized carbons (Fsp3) is 0.250. The van der Waals surface area contributed by atoms with Crippen LogP contribution < -0.4 is 0 Å². The minimum atomic E-state index is -4.45. The van der Waals surface area contributed by atoms with Gasteiger partial charge in [0.15, 0.2) is 0 Å². The molecule has 0 aromatic carbocycles. The molecule has 0 amide bonds. The highest BCUT2D eigenvalue weighted by molar-refractivity contribution is 14.1. The Kier molecular flexibility index (Phi) is 3.31. The molecule has 0 unspecified atom stereocenters. The summed E-state index contributed by atoms with van der Waals surface area (Å²) in [6.45, 7) is 0. The molecular formula is C8H4F3IN2. The molecule has 0 aliphatic heterocycles. The number of hydrogen-bond donors (Lipinski definition) is 0. The molecule has 1 aromatic rings. The smallest absolute Gasteiger partial charge is 0.250 e. The molecule has 0 spiro atoms. The lowest BCUT2D eigenvalue weighted by atomic mass is 10.1. The van der Waals surface area contributed by atoms with Crippen LogP contribution in [0.5, 0.6) is 0 Å². The number of rotatable bonds is 1. The number of nitriles is 1. The van der Waals surface area contributed by atoms with Crippen LogP contribution in [0.4, 0.5) is 13.2 Å². The summed E-state index contributed by atoms with van der Waals surface area (Å²) in [7, 11) is 0. The van der Waals surface area contributed by atoms with Crippen LogP contribution in [0.1, 0.15) is 11.1 Å². The van der Waals surface area contributed by atoms with E-state index in [4.69, 9.17) is 5.26 Å². The van der Waals surface area contributed by atoms with Gasteiger partial charge in [-0.15, -0.1) is 0 Å². The number of alkyl halides is 3. The highest BCUT2D eigenvalue weighted by atomic mass is 127. The SMILES string of the molecule is N#CCc1ccnc(I)c1C(F)(F)F. The first-order valence-corrected chi connectivity index (χ1v) is 4.62. The molecule has 0 bridgehead atoms. The number of aromatic nitrogens is 1. The first-order valence-electron chi connectivity index (χ1n) is 3.54. The highest BCUT2D eigenvalue weighted by Crippen LogP contribution is 2.34. The van der Waals surface area contributed by atoms with Gasteiger partial charge in [0.2, 0.25) is 0 Å². The lowest BCUT2D eigenvalue weighted by molar-refractivity contribution is -0.139. The van der Waals surface area contributed by atoms with E-state index in [0.29, 0.717) is 0 Å². The predicted molar refractivity (Wildman–Crippen MR) is 51.3 cm³/mol. The minimum Gasteiger partial charge on any atom is -0.250 e. The van der Waals surface area contributed by atoms with Crippen molar-refractivity contribution >= 4 is 22.6 Å². The Morgan fingerprint density at radius 2 is 2.14 bits per heavy atom. The van der Waals surface area contributed by atoms with Crippen molar-refractivity contribution < 1.29 is 13.2 Å². The van der Waals surface area contributed by atoms with Crippen LogP contribution in [0.2, 0.25) is 0 Å². The molecule has 1 aromatic heterocycles. The van der Waals surface area contributed by atoms with Gasteiger partial charge in [-0.05, 0) is 34.2 Å². The van der Waals surface area contributed by atoms with Crippen LogP contribution in [0.3, 0.4) is 0 Å². The summed E-state index contributed by atoms with van der Waals surface area (Å²) in [5.74, 6) is 0. The standard InChI is InChI=1S/C8H4F3IN2/c9-8(10,11)6-5(1-3-13)2-4-14-7(6)12/h2,4H,1H2. The van der Waals surface area contributed by atoms with Gasteiger partial charge in [0.25, 0.3) is 0 Å². The Morgan fingerprint density at radius 1 is 1.50 bits per heavy atom. The molecule has 6 heteroatoms. The Hall–Kier alpha value is -0.840. The monoisotopic (exact) mass is 312 g/mol. The molecule has 0 radical (unpaired) electrons. The summed E-state index contributed by atoms with van der Waals surface area (Å²) in [6, 6.07) is 2.91. The molecule has 1 rings (SSSR count). The van der Waals surface area contributed by atoms with Gasteiger partial charge >= 0.3 is 6.18 Å². The van der Waals surface area contributed by atoms with Gasteiger partial charge in [0, 0.05) is 6.20 Å². The third-order valence-corrected chi connectivity index (χ3v) is 2.36. The fourth-order valence-corrected chi connectivity index (χ4v) is 1.82. The molecule has 1 heterocycles. The summed E-state index contributed by atoms with van der Waals surface area (Å²) in [5, 5.41) is 8.36. The van der Waals surface area contributed by atoms with Crippen LogP contribution in [0, 0.1) is 15.0 Å². The highest BCUT2D eigenvalue weighted by Gasteiger charge is 2.36. The van der Waals surface area contributed by atoms with Crippen molar-refractivity contribution in [2.75, 3.05) is 0 Å². The second-order valence-electron chi connectivity index (χ2n) is 2.47. The minimum absolute atomic E-state index is 0.0283. The van der Waals surface area contributed by atoms with Crippen molar-refractivity contribution in [3.05, 3.63) is 27.1 Å². The number of nitrogens with zero attached hydrogens (tertiary/aromatic N) is 2. The van der Waals surface area contributed by atoms with Crippen molar-refractivity contribution in [2.45, 2.75) is 12.6 Å². The molecule has 0 fully saturated rings. The zero-order valence-corrected chi connectivity index (χ0v) is 8.93. The molecule has 0 saturated heterocycles. The average molecular weight is 312 g/mol. The summed E-state index contributed by atoms with van der Waals surface area (Å²) in [4.78, 5) is 3.55. The zero-order chi connectivity index (χ0) is 10.8. The maximum absolute atomic E-state index is 12.5. The molecule has 0 N–H and O–H groups in total. The second kappa shape index (κ2) is 4.13. The Balaban J connectivity index is 3.31. The van der Waals surface area contributed by atoms with Gasteiger partial charge in [-0.2, -0.15) is 18.4 Å². The first-order chi connectivity index (χ1) is 6.46. The maximum atomic E-state index is 12.5. The van der Waals surface area contributed by atoms with E-state index in [2.05, 4.69) is 4.98 Å². The normalized spacial score (nSPS) is 11.1. The molecule has 0 atom stereocenters. The molecule has 2 nitrogen and oxygen atoms in total. The van der Waals surface area contributed by atoms with Crippen LogP contribution in [-0.2, 0) is 12.6 Å². The van der Waals surface area contributed by atoms with Crippen LogP contribution in [-0.4, -0.2) is 4.98 Å². The zero-order valence-electron chi connectivity index (χ0n) is 6.77. The fourth-order valence-electron chi connectivity index (χ4n) is 1.00. The van der Waals surface area contributed by atoms with Crippen molar-refractivity contribution in [2.24, 2.45) is 0 Å². The van der Waals surface area contributed by atoms with E-state index in [9.17, 15) is 13.2 Å². The molecular weight excluding hydrogens is 308 g/mol. The quantitative estimate of drug-likeness (QED) is 0.590. The van der Waals surface area contributed by atoms with Crippen molar-refractivity contribution in [1.29, 1.82) is 5.26 Å². The van der Waals surface area contributed by atoms with Crippen LogP contribution in [0.25, 0.3) is 0 Å². The van der Waals surface area contributed by atoms with Gasteiger partial charge in [-0.3, -0.25) is 0 Å². The summed E-state index contributed by atoms with van der Waals surface area (Å²) in [5.41, 5.74) is -0.832. The Morgan fingerprint density at radius 3 is 2.64 bits per heavy atom. The van der Waals surface area contributed by atoms with Crippen molar-refractivity contribution in [3.63, 3.8) is 0 Å². The number of hydrogen-bond acceptors (Lipinski definition) is 2. The first kappa shape index (κ1) is 11.2. The van der Waals surface area contributed by atoms with E-state index in [1.807, 2.05) is 0 Å². The molecule has 0 aliphatic rings. The third-order valence-electron chi connectivity index (χ3n) is 1.54. The van der Waals surface area contributed by atoms with E-state index in [1.54, 1.807) is 6.07 Å². The van der Waals surface area contributed by atoms with Gasteiger partial charge < -0.3 is 0 Å². The Labute approximate surface area is 91.9 Å². The van der Waals surface area contributed by atoms with Crippen LogP contribution >= 0.6 is 22.6 Å². The Bertz CT molecular complexity index is 381. The largest absolute Gasteiger partial charge is 0.419 e. The predicted octanol–water partition coefficient (Wildman–Crippen LogP) is 2.77. The van der Waals surface area contributed by atoms with E-state index >= 15 is 0 Å². The average Bonchev–Trinajstić information content (AvgIpc) is 2.02. The van der Waals surface area contributed by atoms with E-state index in [0.717, 1.165) is 0 Å². The van der Waals surface area contributed by atoms with E-state index in [1.165, 1.54) is 34.9 Å². The van der Waals surface area contributed by atoms with Crippen molar-refractivity contribution in [3.8, 4) is 6.07 Å². The molecule has 0 aliphatic carbocycles. The molecule has 14 heavy (non-hydrogen) atoms. The van der Waals surface area contributed by atoms with Gasteiger partial charge in [0.1, 0.15) is 3.70 Å². The van der Waals surface area contributed by atoms with Crippen LogP contribution in [0.15, 0.2) is 12.3 Å². The van der Waals surface area contributed by atoms with Crippen molar-refractivity contribution in [1.82, 2.24) is 4.98 Å². The number of pyridine rings is 1. The topological polar surface area (TPSA) is 36.7 Å². The molecule has 74 valence electrons. The number of halogens is 4. The third kappa shape index (κ3) is 2.35. The maximum Gasteiger partial charge on any atom is 0.419 e. The van der Waals surface area contributed by atoms with E-state index < -0.39 is 11.7 Å². The lowest BCUT2D eigenvalue weighted by Crippen LogP contribution is -2.12. The van der Waals surface area contributed by atoms with Gasteiger partial charge in [-0.25, -0.2) is 4.98 Å². The summed E-state index contributed by atoms with van der Waals surface area (Å²) < 4.78 is 37.3. The summed E-state index contributed by atoms with van der Waals surface area (Å²) in [6.07, 6.45) is -3.44. The molecule has 0 saturated carbocycles.